The largest absolute Gasteiger partial charge is 0.496 e. The van der Waals surface area contributed by atoms with E-state index in [1.807, 2.05) is 24.3 Å². The van der Waals surface area contributed by atoms with Gasteiger partial charge in [-0.05, 0) is 6.07 Å². The molecule has 0 saturated carbocycles. The maximum Gasteiger partial charge on any atom is 0.177 e. The van der Waals surface area contributed by atoms with Gasteiger partial charge in [-0.25, -0.2) is 0 Å². The molecule has 23 heavy (non-hydrogen) atoms. The first kappa shape index (κ1) is 16.0. The predicted molar refractivity (Wildman–Crippen MR) is 91.7 cm³/mol. The third-order valence-corrected chi connectivity index (χ3v) is 4.49. The molecule has 1 N–H and O–H groups in total. The van der Waals surface area contributed by atoms with Gasteiger partial charge in [0.15, 0.2) is 5.72 Å². The number of rotatable bonds is 5. The Hall–Kier alpha value is -1.88. The molecule has 122 valence electrons. The summed E-state index contributed by atoms with van der Waals surface area (Å²) in [6.07, 6.45) is 0. The van der Waals surface area contributed by atoms with Gasteiger partial charge in [0.05, 0.1) is 7.11 Å². The SMILES string of the molecule is COc1ccccc1C(OC)(c1ccccc1)N1CCNCC1. The molecule has 0 aromatic heterocycles. The third kappa shape index (κ3) is 2.85. The second-order valence-corrected chi connectivity index (χ2v) is 5.65. The van der Waals surface area contributed by atoms with Crippen LogP contribution in [-0.4, -0.2) is 45.3 Å². The quantitative estimate of drug-likeness (QED) is 0.919. The van der Waals surface area contributed by atoms with Crippen LogP contribution in [0.4, 0.5) is 0 Å². The zero-order valence-corrected chi connectivity index (χ0v) is 13.8. The summed E-state index contributed by atoms with van der Waals surface area (Å²) >= 11 is 0. The van der Waals surface area contributed by atoms with Crippen molar-refractivity contribution in [1.82, 2.24) is 10.2 Å². The summed E-state index contributed by atoms with van der Waals surface area (Å²) in [4.78, 5) is 2.39. The molecule has 0 amide bonds. The molecule has 1 saturated heterocycles. The van der Waals surface area contributed by atoms with E-state index >= 15 is 0 Å². The highest BCUT2D eigenvalue weighted by Gasteiger charge is 2.43. The lowest BCUT2D eigenvalue weighted by Gasteiger charge is -2.45. The van der Waals surface area contributed by atoms with Gasteiger partial charge in [0, 0.05) is 44.4 Å². The molecule has 1 aliphatic rings. The number of hydrogen-bond donors (Lipinski definition) is 1. The Kier molecular flexibility index (Phi) is 4.96. The molecule has 3 rings (SSSR count). The number of hydrogen-bond acceptors (Lipinski definition) is 4. The predicted octanol–water partition coefficient (Wildman–Crippen LogP) is 2.45. The zero-order chi connectivity index (χ0) is 16.1. The Balaban J connectivity index is 2.19. The summed E-state index contributed by atoms with van der Waals surface area (Å²) in [5.74, 6) is 0.844. The second-order valence-electron chi connectivity index (χ2n) is 5.65. The number of methoxy groups -OCH3 is 2. The molecular formula is C19H24N2O2. The van der Waals surface area contributed by atoms with Gasteiger partial charge < -0.3 is 14.8 Å². The Bertz CT molecular complexity index is 626. The second kappa shape index (κ2) is 7.13. The number of nitrogens with one attached hydrogen (secondary N) is 1. The maximum atomic E-state index is 6.21. The first-order valence-corrected chi connectivity index (χ1v) is 8.03. The number of nitrogens with zero attached hydrogens (tertiary/aromatic N) is 1. The van der Waals surface area contributed by atoms with E-state index in [1.54, 1.807) is 14.2 Å². The van der Waals surface area contributed by atoms with Gasteiger partial charge in [-0.15, -0.1) is 0 Å². The van der Waals surface area contributed by atoms with Crippen molar-refractivity contribution in [2.75, 3.05) is 40.4 Å². The molecule has 2 aromatic rings. The highest BCUT2D eigenvalue weighted by Crippen LogP contribution is 2.41. The van der Waals surface area contributed by atoms with Crippen molar-refractivity contribution in [3.05, 3.63) is 65.7 Å². The molecule has 1 aliphatic heterocycles. The summed E-state index contributed by atoms with van der Waals surface area (Å²) in [7, 11) is 3.49. The smallest absolute Gasteiger partial charge is 0.177 e. The Morgan fingerprint density at radius 1 is 0.913 bits per heavy atom. The standard InChI is InChI=1S/C19H24N2O2/c1-22-18-11-7-6-10-17(18)19(23-2,16-8-4-3-5-9-16)21-14-12-20-13-15-21/h3-11,20H,12-15H2,1-2H3. The van der Waals surface area contributed by atoms with Crippen LogP contribution >= 0.6 is 0 Å². The molecule has 2 aromatic carbocycles. The lowest BCUT2D eigenvalue weighted by atomic mass is 9.91. The first-order chi connectivity index (χ1) is 11.3. The van der Waals surface area contributed by atoms with Crippen molar-refractivity contribution in [2.24, 2.45) is 0 Å². The minimum atomic E-state index is -0.643. The minimum Gasteiger partial charge on any atom is -0.496 e. The van der Waals surface area contributed by atoms with E-state index in [0.717, 1.165) is 43.1 Å². The van der Waals surface area contributed by atoms with Gasteiger partial charge in [0.1, 0.15) is 5.75 Å². The highest BCUT2D eigenvalue weighted by atomic mass is 16.5. The van der Waals surface area contributed by atoms with E-state index in [4.69, 9.17) is 9.47 Å². The fraction of sp³-hybridized carbons (Fsp3) is 0.368. The van der Waals surface area contributed by atoms with E-state index < -0.39 is 5.72 Å². The van der Waals surface area contributed by atoms with Crippen LogP contribution in [-0.2, 0) is 10.5 Å². The van der Waals surface area contributed by atoms with Gasteiger partial charge in [-0.2, -0.15) is 0 Å². The molecule has 4 nitrogen and oxygen atoms in total. The zero-order valence-electron chi connectivity index (χ0n) is 13.8. The molecule has 0 bridgehead atoms. The van der Waals surface area contributed by atoms with Crippen LogP contribution in [0.5, 0.6) is 5.75 Å². The van der Waals surface area contributed by atoms with Crippen LogP contribution in [0.25, 0.3) is 0 Å². The van der Waals surface area contributed by atoms with Crippen molar-refractivity contribution in [3.8, 4) is 5.75 Å². The van der Waals surface area contributed by atoms with Crippen molar-refractivity contribution in [2.45, 2.75) is 5.72 Å². The molecule has 1 heterocycles. The highest BCUT2D eigenvalue weighted by molar-refractivity contribution is 5.44. The molecule has 1 fully saturated rings. The Morgan fingerprint density at radius 3 is 2.22 bits per heavy atom. The van der Waals surface area contributed by atoms with Crippen molar-refractivity contribution >= 4 is 0 Å². The van der Waals surface area contributed by atoms with Crippen LogP contribution < -0.4 is 10.1 Å². The molecule has 0 spiro atoms. The van der Waals surface area contributed by atoms with Crippen molar-refractivity contribution in [1.29, 1.82) is 0 Å². The van der Waals surface area contributed by atoms with Gasteiger partial charge >= 0.3 is 0 Å². The fourth-order valence-corrected chi connectivity index (χ4v) is 3.43. The average Bonchev–Trinajstić information content (AvgIpc) is 2.65. The molecule has 4 heteroatoms. The first-order valence-electron chi connectivity index (χ1n) is 8.03. The number of benzene rings is 2. The normalized spacial score (nSPS) is 18.3. The summed E-state index contributed by atoms with van der Waals surface area (Å²) in [6, 6.07) is 18.5. The summed E-state index contributed by atoms with van der Waals surface area (Å²) in [6.45, 7) is 3.74. The summed E-state index contributed by atoms with van der Waals surface area (Å²) in [5.41, 5.74) is 1.52. The van der Waals surface area contributed by atoms with Crippen LogP contribution in [0.1, 0.15) is 11.1 Å². The fourth-order valence-electron chi connectivity index (χ4n) is 3.43. The van der Waals surface area contributed by atoms with E-state index in [9.17, 15) is 0 Å². The maximum absolute atomic E-state index is 6.21. The van der Waals surface area contributed by atoms with Crippen molar-refractivity contribution in [3.63, 3.8) is 0 Å². The Morgan fingerprint density at radius 2 is 1.57 bits per heavy atom. The van der Waals surface area contributed by atoms with E-state index in [2.05, 4.69) is 40.5 Å². The molecule has 0 radical (unpaired) electrons. The van der Waals surface area contributed by atoms with Gasteiger partial charge in [0.2, 0.25) is 0 Å². The van der Waals surface area contributed by atoms with E-state index in [-0.39, 0.29) is 0 Å². The molecule has 0 aliphatic carbocycles. The van der Waals surface area contributed by atoms with Gasteiger partial charge in [-0.1, -0.05) is 48.5 Å². The molecular weight excluding hydrogens is 288 g/mol. The molecule has 1 unspecified atom stereocenters. The van der Waals surface area contributed by atoms with Crippen LogP contribution in [0.15, 0.2) is 54.6 Å². The van der Waals surface area contributed by atoms with Gasteiger partial charge in [0.25, 0.3) is 0 Å². The van der Waals surface area contributed by atoms with E-state index in [1.165, 1.54) is 0 Å². The monoisotopic (exact) mass is 312 g/mol. The molecule has 1 atom stereocenters. The summed E-state index contributed by atoms with van der Waals surface area (Å²) < 4.78 is 11.9. The number of para-hydroxylation sites is 1. The summed E-state index contributed by atoms with van der Waals surface area (Å²) in [5, 5.41) is 3.41. The lowest BCUT2D eigenvalue weighted by Crippen LogP contribution is -2.56. The number of piperazine rings is 1. The van der Waals surface area contributed by atoms with Gasteiger partial charge in [-0.3, -0.25) is 4.90 Å². The van der Waals surface area contributed by atoms with Crippen molar-refractivity contribution < 1.29 is 9.47 Å². The van der Waals surface area contributed by atoms with Crippen LogP contribution in [0, 0.1) is 0 Å². The Labute approximate surface area is 138 Å². The van der Waals surface area contributed by atoms with Crippen LogP contribution in [0.2, 0.25) is 0 Å². The third-order valence-electron chi connectivity index (χ3n) is 4.49. The van der Waals surface area contributed by atoms with E-state index in [0.29, 0.717) is 0 Å². The topological polar surface area (TPSA) is 33.7 Å². The lowest BCUT2D eigenvalue weighted by molar-refractivity contribution is -0.117. The average molecular weight is 312 g/mol. The number of ether oxygens (including phenoxy) is 2. The van der Waals surface area contributed by atoms with Crippen LogP contribution in [0.3, 0.4) is 0 Å². The minimum absolute atomic E-state index is 0.643.